The van der Waals surface area contributed by atoms with Crippen LogP contribution in [0.1, 0.15) is 21.5 Å². The molecule has 2 amide bonds. The van der Waals surface area contributed by atoms with Crippen LogP contribution in [-0.4, -0.2) is 38.3 Å². The Morgan fingerprint density at radius 3 is 2.52 bits per heavy atom. The molecule has 1 aliphatic rings. The fourth-order valence-corrected chi connectivity index (χ4v) is 2.74. The van der Waals surface area contributed by atoms with Crippen LogP contribution >= 0.6 is 0 Å². The van der Waals surface area contributed by atoms with Gasteiger partial charge in [-0.1, -0.05) is 6.07 Å². The lowest BCUT2D eigenvalue weighted by molar-refractivity contribution is -0.120. The number of ether oxygens (including phenoxy) is 3. The van der Waals surface area contributed by atoms with Crippen LogP contribution in [0.25, 0.3) is 0 Å². The van der Waals surface area contributed by atoms with E-state index in [1.54, 1.807) is 18.2 Å². The van der Waals surface area contributed by atoms with Crippen LogP contribution in [0, 0.1) is 13.8 Å². The molecule has 0 saturated carbocycles. The Morgan fingerprint density at radius 2 is 1.74 bits per heavy atom. The summed E-state index contributed by atoms with van der Waals surface area (Å²) in [6.45, 7) is 4.75. The molecule has 0 spiro atoms. The van der Waals surface area contributed by atoms with E-state index in [0.29, 0.717) is 30.2 Å². The van der Waals surface area contributed by atoms with Crippen molar-refractivity contribution in [2.24, 2.45) is 0 Å². The van der Waals surface area contributed by atoms with Crippen molar-refractivity contribution in [1.29, 1.82) is 0 Å². The van der Waals surface area contributed by atoms with Crippen molar-refractivity contribution in [3.63, 3.8) is 0 Å². The molecule has 0 saturated heterocycles. The van der Waals surface area contributed by atoms with Crippen molar-refractivity contribution in [3.05, 3.63) is 53.1 Å². The second-order valence-electron chi connectivity index (χ2n) is 6.27. The third kappa shape index (κ3) is 5.13. The van der Waals surface area contributed by atoms with Crippen LogP contribution in [0.2, 0.25) is 0 Å². The van der Waals surface area contributed by atoms with E-state index in [2.05, 4.69) is 16.7 Å². The summed E-state index contributed by atoms with van der Waals surface area (Å²) in [5, 5.41) is 5.28. The number of hydrogen-bond donors (Lipinski definition) is 2. The SMILES string of the molecule is Cc1cc(C)cc(OCCNC(=O)CNC(=O)c2ccc3c(c2)OCO3)c1. The second-order valence-corrected chi connectivity index (χ2v) is 6.27. The van der Waals surface area contributed by atoms with E-state index in [4.69, 9.17) is 14.2 Å². The molecule has 27 heavy (non-hydrogen) atoms. The normalized spacial score (nSPS) is 11.8. The maximum absolute atomic E-state index is 12.1. The lowest BCUT2D eigenvalue weighted by atomic mass is 10.1. The molecular formula is C20H22N2O5. The molecule has 0 aliphatic carbocycles. The first kappa shape index (κ1) is 18.6. The quantitative estimate of drug-likeness (QED) is 0.728. The number of carbonyl (C=O) groups excluding carboxylic acids is 2. The molecule has 0 bridgehead atoms. The largest absolute Gasteiger partial charge is 0.492 e. The minimum absolute atomic E-state index is 0.114. The van der Waals surface area contributed by atoms with Crippen LogP contribution in [0.4, 0.5) is 0 Å². The van der Waals surface area contributed by atoms with Crippen molar-refractivity contribution in [3.8, 4) is 17.2 Å². The van der Waals surface area contributed by atoms with E-state index < -0.39 is 0 Å². The highest BCUT2D eigenvalue weighted by atomic mass is 16.7. The summed E-state index contributed by atoms with van der Waals surface area (Å²) in [6, 6.07) is 10.8. The Labute approximate surface area is 157 Å². The lowest BCUT2D eigenvalue weighted by Crippen LogP contribution is -2.38. The summed E-state index contributed by atoms with van der Waals surface area (Å²) in [4.78, 5) is 24.0. The molecule has 0 unspecified atom stereocenters. The molecule has 2 aromatic rings. The molecule has 1 aliphatic heterocycles. The number of fused-ring (bicyclic) bond motifs is 1. The Hall–Kier alpha value is -3.22. The molecule has 3 rings (SSSR count). The van der Waals surface area contributed by atoms with E-state index in [0.717, 1.165) is 16.9 Å². The van der Waals surface area contributed by atoms with E-state index in [1.165, 1.54) is 0 Å². The molecule has 7 heteroatoms. The van der Waals surface area contributed by atoms with E-state index in [1.807, 2.05) is 26.0 Å². The zero-order valence-electron chi connectivity index (χ0n) is 15.3. The van der Waals surface area contributed by atoms with Crippen molar-refractivity contribution >= 4 is 11.8 Å². The van der Waals surface area contributed by atoms with Gasteiger partial charge in [-0.3, -0.25) is 9.59 Å². The van der Waals surface area contributed by atoms with E-state index in [-0.39, 0.29) is 25.2 Å². The number of benzene rings is 2. The summed E-state index contributed by atoms with van der Waals surface area (Å²) in [6.07, 6.45) is 0. The first-order chi connectivity index (χ1) is 13.0. The molecule has 2 N–H and O–H groups in total. The minimum Gasteiger partial charge on any atom is -0.492 e. The van der Waals surface area contributed by atoms with Gasteiger partial charge in [-0.15, -0.1) is 0 Å². The number of nitrogens with one attached hydrogen (secondary N) is 2. The van der Waals surface area contributed by atoms with Gasteiger partial charge in [-0.05, 0) is 55.3 Å². The van der Waals surface area contributed by atoms with Crippen LogP contribution in [-0.2, 0) is 4.79 Å². The number of amides is 2. The van der Waals surface area contributed by atoms with Crippen LogP contribution < -0.4 is 24.8 Å². The van der Waals surface area contributed by atoms with E-state index >= 15 is 0 Å². The summed E-state index contributed by atoms with van der Waals surface area (Å²) in [5.41, 5.74) is 2.66. The summed E-state index contributed by atoms with van der Waals surface area (Å²) < 4.78 is 16.1. The Bertz CT molecular complexity index is 830. The van der Waals surface area contributed by atoms with Gasteiger partial charge in [0.05, 0.1) is 13.1 Å². The predicted molar refractivity (Wildman–Crippen MR) is 99.3 cm³/mol. The van der Waals surface area contributed by atoms with E-state index in [9.17, 15) is 9.59 Å². The van der Waals surface area contributed by atoms with Crippen molar-refractivity contribution in [2.75, 3.05) is 26.5 Å². The van der Waals surface area contributed by atoms with Crippen molar-refractivity contribution in [1.82, 2.24) is 10.6 Å². The fourth-order valence-electron chi connectivity index (χ4n) is 2.74. The number of hydrogen-bond acceptors (Lipinski definition) is 5. The highest BCUT2D eigenvalue weighted by Gasteiger charge is 2.16. The molecule has 0 fully saturated rings. The van der Waals surface area contributed by atoms with Crippen LogP contribution in [0.3, 0.4) is 0 Å². The average Bonchev–Trinajstić information content (AvgIpc) is 3.10. The molecule has 2 aromatic carbocycles. The fraction of sp³-hybridized carbons (Fsp3) is 0.300. The highest BCUT2D eigenvalue weighted by molar-refractivity contribution is 5.97. The third-order valence-electron chi connectivity index (χ3n) is 3.93. The smallest absolute Gasteiger partial charge is 0.251 e. The van der Waals surface area contributed by atoms with Crippen molar-refractivity contribution < 1.29 is 23.8 Å². The Morgan fingerprint density at radius 1 is 1.00 bits per heavy atom. The number of rotatable bonds is 7. The Kier molecular flexibility index (Phi) is 5.80. The summed E-state index contributed by atoms with van der Waals surface area (Å²) >= 11 is 0. The molecule has 0 aromatic heterocycles. The molecule has 1 heterocycles. The Balaban J connectivity index is 1.37. The van der Waals surface area contributed by atoms with Crippen LogP contribution in [0.5, 0.6) is 17.2 Å². The minimum atomic E-state index is -0.352. The van der Waals surface area contributed by atoms with Crippen molar-refractivity contribution in [2.45, 2.75) is 13.8 Å². The maximum atomic E-state index is 12.1. The molecular weight excluding hydrogens is 348 g/mol. The van der Waals surface area contributed by atoms with Gasteiger partial charge in [-0.2, -0.15) is 0 Å². The average molecular weight is 370 g/mol. The second kappa shape index (κ2) is 8.44. The van der Waals surface area contributed by atoms with Gasteiger partial charge >= 0.3 is 0 Å². The standard InChI is InChI=1S/C20H22N2O5/c1-13-7-14(2)9-16(8-13)25-6-5-21-19(23)11-22-20(24)15-3-4-17-18(10-15)27-12-26-17/h3-4,7-10H,5-6,11-12H2,1-2H3,(H,21,23)(H,22,24). The van der Waals surface area contributed by atoms with Gasteiger partial charge in [0.1, 0.15) is 12.4 Å². The van der Waals surface area contributed by atoms with Crippen LogP contribution in [0.15, 0.2) is 36.4 Å². The number of aryl methyl sites for hydroxylation is 2. The topological polar surface area (TPSA) is 85.9 Å². The maximum Gasteiger partial charge on any atom is 0.251 e. The first-order valence-electron chi connectivity index (χ1n) is 8.67. The van der Waals surface area contributed by atoms with Gasteiger partial charge < -0.3 is 24.8 Å². The van der Waals surface area contributed by atoms with Gasteiger partial charge in [0.25, 0.3) is 5.91 Å². The molecule has 0 atom stereocenters. The van der Waals surface area contributed by atoms with Gasteiger partial charge in [-0.25, -0.2) is 0 Å². The third-order valence-corrected chi connectivity index (χ3v) is 3.93. The molecule has 0 radical (unpaired) electrons. The zero-order chi connectivity index (χ0) is 19.2. The first-order valence-corrected chi connectivity index (χ1v) is 8.67. The summed E-state index contributed by atoms with van der Waals surface area (Å²) in [7, 11) is 0. The highest BCUT2D eigenvalue weighted by Crippen LogP contribution is 2.32. The molecule has 7 nitrogen and oxygen atoms in total. The number of carbonyl (C=O) groups is 2. The van der Waals surface area contributed by atoms with Gasteiger partial charge in [0.2, 0.25) is 12.7 Å². The molecule has 142 valence electrons. The zero-order valence-corrected chi connectivity index (χ0v) is 15.3. The monoisotopic (exact) mass is 370 g/mol. The van der Waals surface area contributed by atoms with Gasteiger partial charge in [0, 0.05) is 5.56 Å². The van der Waals surface area contributed by atoms with Gasteiger partial charge in [0.15, 0.2) is 11.5 Å². The summed E-state index contributed by atoms with van der Waals surface area (Å²) in [5.74, 6) is 1.27. The predicted octanol–water partition coefficient (Wildman–Crippen LogP) is 1.96. The lowest BCUT2D eigenvalue weighted by Gasteiger charge is -2.10.